The number of rotatable bonds is 4. The fourth-order valence-electron chi connectivity index (χ4n) is 1.66. The quantitative estimate of drug-likeness (QED) is 0.475. The molecule has 132 valence electrons. The third kappa shape index (κ3) is 14.0. The van der Waals surface area contributed by atoms with Crippen LogP contribution in [-0.2, 0) is 27.2 Å². The van der Waals surface area contributed by atoms with E-state index < -0.39 is 0 Å². The minimum absolute atomic E-state index is 1.06. The SMILES string of the molecule is CCCC[n+]1ccn(C)c1.CC[n+]1ccn(C)c1.N#CN.N#CN. The molecule has 24 heavy (non-hydrogen) atoms. The summed E-state index contributed by atoms with van der Waals surface area (Å²) in [4.78, 5) is 0. The molecule has 2 aromatic rings. The number of aromatic nitrogens is 4. The topological polar surface area (TPSA) is 117 Å². The molecule has 4 N–H and O–H groups in total. The highest BCUT2D eigenvalue weighted by atomic mass is 15.1. The first-order valence-electron chi connectivity index (χ1n) is 7.70. The maximum Gasteiger partial charge on any atom is 0.243 e. The average molecular weight is 334 g/mol. The highest BCUT2D eigenvalue weighted by Gasteiger charge is 1.96. The summed E-state index contributed by atoms with van der Waals surface area (Å²) in [5, 5.41) is 14.2. The van der Waals surface area contributed by atoms with Crippen molar-refractivity contribution in [3.05, 3.63) is 37.4 Å². The molecule has 2 aromatic heterocycles. The standard InChI is InChI=1S/C8H15N2.C6H11N2.2CH2N2/c1-3-4-5-10-7-6-9(2)8-10;1-3-8-5-4-7(2)6-8;2*2-1-3/h6-8H,3-5H2,1-2H3;4-6H,3H2,1-2H3;2*2H2/q2*+1;;. The van der Waals surface area contributed by atoms with Gasteiger partial charge in [0.15, 0.2) is 12.4 Å². The largest absolute Gasteiger partial charge is 0.337 e. The van der Waals surface area contributed by atoms with E-state index in [1.165, 1.54) is 25.2 Å². The van der Waals surface area contributed by atoms with Gasteiger partial charge >= 0.3 is 0 Å². The molecule has 0 spiro atoms. The normalized spacial score (nSPS) is 8.08. The summed E-state index contributed by atoms with van der Waals surface area (Å²) >= 11 is 0. The molecule has 0 unspecified atom stereocenters. The molecule has 0 atom stereocenters. The molecule has 0 saturated carbocycles. The van der Waals surface area contributed by atoms with Crippen LogP contribution in [0.5, 0.6) is 0 Å². The van der Waals surface area contributed by atoms with E-state index >= 15 is 0 Å². The van der Waals surface area contributed by atoms with Crippen molar-refractivity contribution in [2.75, 3.05) is 0 Å². The fourth-order valence-corrected chi connectivity index (χ4v) is 1.66. The molecule has 0 fully saturated rings. The summed E-state index contributed by atoms with van der Waals surface area (Å²) in [5.74, 6) is 0. The first kappa shape index (κ1) is 23.3. The first-order chi connectivity index (χ1) is 11.5. The van der Waals surface area contributed by atoms with Crippen LogP contribution in [0.1, 0.15) is 26.7 Å². The van der Waals surface area contributed by atoms with Crippen LogP contribution in [0.15, 0.2) is 37.4 Å². The van der Waals surface area contributed by atoms with E-state index in [4.69, 9.17) is 10.5 Å². The first-order valence-corrected chi connectivity index (χ1v) is 7.70. The van der Waals surface area contributed by atoms with Gasteiger partial charge in [0.2, 0.25) is 12.7 Å². The number of aryl methyl sites for hydroxylation is 4. The predicted molar refractivity (Wildman–Crippen MR) is 91.4 cm³/mol. The van der Waals surface area contributed by atoms with Crippen LogP contribution in [0.25, 0.3) is 0 Å². The Morgan fingerprint density at radius 1 is 0.917 bits per heavy atom. The summed E-state index contributed by atoms with van der Waals surface area (Å²) in [6, 6.07) is 0. The monoisotopic (exact) mass is 334 g/mol. The van der Waals surface area contributed by atoms with Crippen molar-refractivity contribution < 1.29 is 9.13 Å². The van der Waals surface area contributed by atoms with Gasteiger partial charge in [-0.3, -0.25) is 0 Å². The van der Waals surface area contributed by atoms with E-state index in [9.17, 15) is 0 Å². The van der Waals surface area contributed by atoms with E-state index in [2.05, 4.69) is 70.3 Å². The minimum Gasteiger partial charge on any atom is -0.337 e. The van der Waals surface area contributed by atoms with Crippen LogP contribution in [0.4, 0.5) is 0 Å². The Balaban J connectivity index is 0. The molecule has 0 aliphatic heterocycles. The highest BCUT2D eigenvalue weighted by Crippen LogP contribution is 1.85. The number of unbranched alkanes of at least 4 members (excludes halogenated alkanes) is 1. The molecule has 2 heterocycles. The van der Waals surface area contributed by atoms with Crippen LogP contribution in [0.2, 0.25) is 0 Å². The molecule has 0 aromatic carbocycles. The van der Waals surface area contributed by atoms with Gasteiger partial charge in [0.1, 0.15) is 24.8 Å². The highest BCUT2D eigenvalue weighted by molar-refractivity contribution is 4.62. The van der Waals surface area contributed by atoms with Crippen LogP contribution in [0, 0.1) is 22.9 Å². The molecule has 0 amide bonds. The maximum atomic E-state index is 7.10. The van der Waals surface area contributed by atoms with Gasteiger partial charge in [0, 0.05) is 0 Å². The van der Waals surface area contributed by atoms with Crippen molar-refractivity contribution in [1.29, 1.82) is 10.5 Å². The zero-order valence-electron chi connectivity index (χ0n) is 15.1. The molecule has 0 bridgehead atoms. The molecule has 0 radical (unpaired) electrons. The van der Waals surface area contributed by atoms with Crippen molar-refractivity contribution in [3.8, 4) is 12.4 Å². The Morgan fingerprint density at radius 2 is 1.33 bits per heavy atom. The number of nitrogens with two attached hydrogens (primary N) is 2. The Labute approximate surface area is 144 Å². The molecule has 2 rings (SSSR count). The van der Waals surface area contributed by atoms with E-state index in [0.717, 1.165) is 13.1 Å². The Kier molecular flexibility index (Phi) is 15.9. The summed E-state index contributed by atoms with van der Waals surface area (Å²) in [6.45, 7) is 6.54. The lowest BCUT2D eigenvalue weighted by Crippen LogP contribution is -2.30. The van der Waals surface area contributed by atoms with Crippen LogP contribution in [-0.4, -0.2) is 9.13 Å². The van der Waals surface area contributed by atoms with Crippen molar-refractivity contribution in [2.24, 2.45) is 25.6 Å². The number of nitrogens with zero attached hydrogens (tertiary/aromatic N) is 6. The van der Waals surface area contributed by atoms with Crippen molar-refractivity contribution in [3.63, 3.8) is 0 Å². The van der Waals surface area contributed by atoms with E-state index in [1.54, 1.807) is 0 Å². The van der Waals surface area contributed by atoms with Gasteiger partial charge in [-0.05, 0) is 13.3 Å². The van der Waals surface area contributed by atoms with Crippen LogP contribution < -0.4 is 20.6 Å². The molecule has 0 saturated heterocycles. The molecule has 8 nitrogen and oxygen atoms in total. The summed E-state index contributed by atoms with van der Waals surface area (Å²) in [5.41, 5.74) is 8.31. The molecule has 0 aliphatic rings. The van der Waals surface area contributed by atoms with E-state index in [-0.39, 0.29) is 0 Å². The zero-order valence-corrected chi connectivity index (χ0v) is 15.1. The summed E-state index contributed by atoms with van der Waals surface area (Å²) in [7, 11) is 4.06. The molecule has 8 heteroatoms. The number of hydrogen-bond donors (Lipinski definition) is 2. The number of nitriles is 2. The van der Waals surface area contributed by atoms with Gasteiger partial charge in [-0.1, -0.05) is 13.3 Å². The maximum absolute atomic E-state index is 7.10. The summed E-state index contributed by atoms with van der Waals surface area (Å²) in [6.07, 6.45) is 17.5. The fraction of sp³-hybridized carbons (Fsp3) is 0.500. The third-order valence-corrected chi connectivity index (χ3v) is 2.78. The van der Waals surface area contributed by atoms with E-state index in [0.29, 0.717) is 0 Å². The van der Waals surface area contributed by atoms with Crippen molar-refractivity contribution >= 4 is 0 Å². The lowest BCUT2D eigenvalue weighted by atomic mass is 10.3. The van der Waals surface area contributed by atoms with E-state index in [1.807, 2.05) is 24.9 Å². The van der Waals surface area contributed by atoms with Gasteiger partial charge in [-0.2, -0.15) is 10.5 Å². The lowest BCUT2D eigenvalue weighted by molar-refractivity contribution is -0.696. The smallest absolute Gasteiger partial charge is 0.243 e. The third-order valence-electron chi connectivity index (χ3n) is 2.78. The zero-order chi connectivity index (χ0) is 18.8. The minimum atomic E-state index is 1.06. The van der Waals surface area contributed by atoms with Crippen LogP contribution in [0.3, 0.4) is 0 Å². The number of hydrogen-bond acceptors (Lipinski definition) is 4. The Hall–Kier alpha value is -3.00. The van der Waals surface area contributed by atoms with Crippen molar-refractivity contribution in [2.45, 2.75) is 39.8 Å². The summed E-state index contributed by atoms with van der Waals surface area (Å²) < 4.78 is 8.43. The van der Waals surface area contributed by atoms with Gasteiger partial charge in [-0.15, -0.1) is 0 Å². The van der Waals surface area contributed by atoms with Gasteiger partial charge in [0.05, 0.1) is 27.2 Å². The number of imidazole rings is 2. The lowest BCUT2D eigenvalue weighted by Gasteiger charge is -1.90. The molecular formula is C16H30N8+2. The van der Waals surface area contributed by atoms with Gasteiger partial charge < -0.3 is 11.5 Å². The Bertz CT molecular complexity index is 588. The Morgan fingerprint density at radius 3 is 1.58 bits per heavy atom. The second kappa shape index (κ2) is 16.4. The van der Waals surface area contributed by atoms with Gasteiger partial charge in [-0.25, -0.2) is 18.3 Å². The molecular weight excluding hydrogens is 304 g/mol. The van der Waals surface area contributed by atoms with Crippen molar-refractivity contribution in [1.82, 2.24) is 9.13 Å². The second-order valence-electron chi connectivity index (χ2n) is 4.84. The predicted octanol–water partition coefficient (Wildman–Crippen LogP) is 0.298. The second-order valence-corrected chi connectivity index (χ2v) is 4.84. The van der Waals surface area contributed by atoms with Crippen LogP contribution >= 0.6 is 0 Å². The van der Waals surface area contributed by atoms with Gasteiger partial charge in [0.25, 0.3) is 0 Å². The average Bonchev–Trinajstić information content (AvgIpc) is 3.16. The molecule has 0 aliphatic carbocycles.